The fraction of sp³-hybridized carbons (Fsp3) is 0.571. The number of carboxylic acid groups (broad SMARTS) is 1. The molecule has 100 valence electrons. The average molecular weight is 267 g/mol. The molecule has 0 aliphatic rings. The van der Waals surface area contributed by atoms with E-state index in [0.29, 0.717) is 5.56 Å². The molecule has 1 heterocycles. The van der Waals surface area contributed by atoms with Crippen molar-refractivity contribution in [1.29, 1.82) is 0 Å². The summed E-state index contributed by atoms with van der Waals surface area (Å²) >= 11 is 1.66. The molecule has 0 amide bonds. The number of pyridine rings is 1. The average Bonchev–Trinajstić information content (AvgIpc) is 2.35. The zero-order valence-electron chi connectivity index (χ0n) is 11.1. The van der Waals surface area contributed by atoms with Crippen LogP contribution in [0.1, 0.15) is 55.6 Å². The van der Waals surface area contributed by atoms with E-state index in [2.05, 4.69) is 18.8 Å². The Morgan fingerprint density at radius 1 is 1.28 bits per heavy atom. The van der Waals surface area contributed by atoms with Gasteiger partial charge in [0.15, 0.2) is 0 Å². The van der Waals surface area contributed by atoms with Gasteiger partial charge < -0.3 is 5.11 Å². The second-order valence-electron chi connectivity index (χ2n) is 4.30. The number of unbranched alkanes of at least 4 members (excludes halogenated alkanes) is 2. The summed E-state index contributed by atoms with van der Waals surface area (Å²) in [5.74, 6) is 0.139. The highest BCUT2D eigenvalue weighted by molar-refractivity contribution is 7.99. The van der Waals surface area contributed by atoms with Gasteiger partial charge in [0, 0.05) is 5.69 Å². The number of nitrogens with zero attached hydrogens (tertiary/aromatic N) is 1. The topological polar surface area (TPSA) is 50.2 Å². The van der Waals surface area contributed by atoms with Crippen LogP contribution in [0.25, 0.3) is 0 Å². The lowest BCUT2D eigenvalue weighted by molar-refractivity contribution is 0.0696. The fourth-order valence-electron chi connectivity index (χ4n) is 1.67. The molecule has 18 heavy (non-hydrogen) atoms. The van der Waals surface area contributed by atoms with E-state index in [0.717, 1.165) is 35.7 Å². The number of hydrogen-bond donors (Lipinski definition) is 1. The molecule has 0 atom stereocenters. The first-order chi connectivity index (χ1) is 8.67. The molecule has 0 unspecified atom stereocenters. The zero-order valence-corrected chi connectivity index (χ0v) is 11.9. The summed E-state index contributed by atoms with van der Waals surface area (Å²) in [6.07, 6.45) is 5.39. The van der Waals surface area contributed by atoms with Gasteiger partial charge in [0.2, 0.25) is 0 Å². The highest BCUT2D eigenvalue weighted by Gasteiger charge is 2.08. The molecular weight excluding hydrogens is 246 g/mol. The van der Waals surface area contributed by atoms with E-state index >= 15 is 0 Å². The predicted octanol–water partition coefficient (Wildman–Crippen LogP) is 4.01. The van der Waals surface area contributed by atoms with Crippen LogP contribution in [0.3, 0.4) is 0 Å². The molecule has 0 aliphatic carbocycles. The van der Waals surface area contributed by atoms with Gasteiger partial charge in [-0.05, 0) is 30.7 Å². The Hall–Kier alpha value is -1.03. The molecule has 1 N–H and O–H groups in total. The molecule has 1 rings (SSSR count). The number of thioether (sulfide) groups is 1. The van der Waals surface area contributed by atoms with Crippen LogP contribution in [0, 0.1) is 0 Å². The molecule has 1 aromatic heterocycles. The largest absolute Gasteiger partial charge is 0.478 e. The maximum absolute atomic E-state index is 11.0. The van der Waals surface area contributed by atoms with E-state index in [4.69, 9.17) is 5.11 Å². The van der Waals surface area contributed by atoms with Crippen molar-refractivity contribution in [3.05, 3.63) is 23.4 Å². The van der Waals surface area contributed by atoms with Gasteiger partial charge in [0.1, 0.15) is 0 Å². The molecule has 0 spiro atoms. The van der Waals surface area contributed by atoms with Gasteiger partial charge >= 0.3 is 5.97 Å². The molecule has 0 aliphatic heterocycles. The van der Waals surface area contributed by atoms with Gasteiger partial charge in [-0.3, -0.25) is 0 Å². The lowest BCUT2D eigenvalue weighted by atomic mass is 10.2. The van der Waals surface area contributed by atoms with Crippen LogP contribution >= 0.6 is 11.8 Å². The van der Waals surface area contributed by atoms with Crippen LogP contribution in [0.15, 0.2) is 17.2 Å². The third-order valence-electron chi connectivity index (χ3n) is 2.61. The Balaban J connectivity index is 2.72. The highest BCUT2D eigenvalue weighted by Crippen LogP contribution is 2.20. The highest BCUT2D eigenvalue weighted by atomic mass is 32.2. The number of aromatic carboxylic acids is 1. The van der Waals surface area contributed by atoms with Crippen LogP contribution in [0.4, 0.5) is 0 Å². The van der Waals surface area contributed by atoms with Gasteiger partial charge in [-0.25, -0.2) is 9.78 Å². The summed E-state index contributed by atoms with van der Waals surface area (Å²) in [5, 5.41) is 9.92. The summed E-state index contributed by atoms with van der Waals surface area (Å²) in [6, 6.07) is 3.36. The first-order valence-corrected chi connectivity index (χ1v) is 7.53. The van der Waals surface area contributed by atoms with Gasteiger partial charge in [0.05, 0.1) is 10.6 Å². The van der Waals surface area contributed by atoms with Crippen LogP contribution < -0.4 is 0 Å². The molecular formula is C14H21NO2S. The van der Waals surface area contributed by atoms with Crippen molar-refractivity contribution in [2.75, 3.05) is 5.75 Å². The van der Waals surface area contributed by atoms with E-state index in [1.807, 2.05) is 0 Å². The quantitative estimate of drug-likeness (QED) is 0.571. The first-order valence-electron chi connectivity index (χ1n) is 6.54. The Morgan fingerprint density at radius 2 is 2.06 bits per heavy atom. The van der Waals surface area contributed by atoms with Crippen molar-refractivity contribution < 1.29 is 9.90 Å². The summed E-state index contributed by atoms with van der Waals surface area (Å²) in [6.45, 7) is 4.25. The molecule has 4 heteroatoms. The van der Waals surface area contributed by atoms with Crippen LogP contribution in [0.5, 0.6) is 0 Å². The monoisotopic (exact) mass is 267 g/mol. The minimum Gasteiger partial charge on any atom is -0.478 e. The maximum Gasteiger partial charge on any atom is 0.335 e. The molecule has 0 aromatic carbocycles. The van der Waals surface area contributed by atoms with E-state index in [9.17, 15) is 4.79 Å². The summed E-state index contributed by atoms with van der Waals surface area (Å²) in [4.78, 5) is 15.6. The fourth-order valence-corrected chi connectivity index (χ4v) is 2.62. The van der Waals surface area contributed by atoms with Gasteiger partial charge in [-0.2, -0.15) is 0 Å². The SMILES string of the molecule is CCCCCSc1cc(C(=O)O)cc(CCC)n1. The number of aryl methyl sites for hydroxylation is 1. The van der Waals surface area contributed by atoms with Gasteiger partial charge in [-0.15, -0.1) is 11.8 Å². The number of carbonyl (C=O) groups is 1. The van der Waals surface area contributed by atoms with E-state index in [-0.39, 0.29) is 0 Å². The molecule has 1 aromatic rings. The number of hydrogen-bond acceptors (Lipinski definition) is 3. The second kappa shape index (κ2) is 8.14. The number of rotatable bonds is 8. The number of carboxylic acids is 1. The van der Waals surface area contributed by atoms with Crippen molar-refractivity contribution in [3.8, 4) is 0 Å². The molecule has 0 fully saturated rings. The lowest BCUT2D eigenvalue weighted by Gasteiger charge is -2.06. The third-order valence-corrected chi connectivity index (χ3v) is 3.60. The maximum atomic E-state index is 11.0. The Labute approximate surface area is 113 Å². The molecule has 0 saturated carbocycles. The van der Waals surface area contributed by atoms with E-state index in [1.54, 1.807) is 23.9 Å². The van der Waals surface area contributed by atoms with Crippen molar-refractivity contribution in [2.45, 2.75) is 51.0 Å². The second-order valence-corrected chi connectivity index (χ2v) is 5.41. The van der Waals surface area contributed by atoms with Crippen molar-refractivity contribution >= 4 is 17.7 Å². The minimum absolute atomic E-state index is 0.353. The molecule has 3 nitrogen and oxygen atoms in total. The Morgan fingerprint density at radius 3 is 2.67 bits per heavy atom. The van der Waals surface area contributed by atoms with Crippen molar-refractivity contribution in [1.82, 2.24) is 4.98 Å². The Bertz CT molecular complexity index is 393. The van der Waals surface area contributed by atoms with Gasteiger partial charge in [0.25, 0.3) is 0 Å². The normalized spacial score (nSPS) is 10.6. The molecule has 0 radical (unpaired) electrons. The van der Waals surface area contributed by atoms with E-state index in [1.165, 1.54) is 12.8 Å². The first kappa shape index (κ1) is 15.0. The Kier molecular flexibility index (Phi) is 6.80. The summed E-state index contributed by atoms with van der Waals surface area (Å²) in [7, 11) is 0. The number of aromatic nitrogens is 1. The molecule has 0 bridgehead atoms. The smallest absolute Gasteiger partial charge is 0.335 e. The minimum atomic E-state index is -0.870. The van der Waals surface area contributed by atoms with Gasteiger partial charge in [-0.1, -0.05) is 33.1 Å². The van der Waals surface area contributed by atoms with E-state index < -0.39 is 5.97 Å². The summed E-state index contributed by atoms with van der Waals surface area (Å²) in [5.41, 5.74) is 1.24. The third kappa shape index (κ3) is 5.08. The van der Waals surface area contributed by atoms with Crippen LogP contribution in [0.2, 0.25) is 0 Å². The van der Waals surface area contributed by atoms with Crippen LogP contribution in [-0.2, 0) is 6.42 Å². The zero-order chi connectivity index (χ0) is 13.4. The molecule has 0 saturated heterocycles. The van der Waals surface area contributed by atoms with Crippen LogP contribution in [-0.4, -0.2) is 21.8 Å². The predicted molar refractivity (Wildman–Crippen MR) is 75.4 cm³/mol. The lowest BCUT2D eigenvalue weighted by Crippen LogP contribution is -2.01. The summed E-state index contributed by atoms with van der Waals surface area (Å²) < 4.78 is 0. The standard InChI is InChI=1S/C14H21NO2S/c1-3-5-6-8-18-13-10-11(14(16)17)9-12(15-13)7-4-2/h9-10H,3-8H2,1-2H3,(H,16,17). The van der Waals surface area contributed by atoms with Crippen molar-refractivity contribution in [2.24, 2.45) is 0 Å². The van der Waals surface area contributed by atoms with Crippen molar-refractivity contribution in [3.63, 3.8) is 0 Å².